The molecule has 3 aromatic rings. The van der Waals surface area contributed by atoms with Gasteiger partial charge < -0.3 is 14.1 Å². The van der Waals surface area contributed by atoms with Gasteiger partial charge in [-0.05, 0) is 30.7 Å². The number of furan rings is 1. The van der Waals surface area contributed by atoms with Gasteiger partial charge in [-0.3, -0.25) is 14.7 Å². The van der Waals surface area contributed by atoms with Crippen molar-refractivity contribution in [1.29, 1.82) is 0 Å². The second-order valence-electron chi connectivity index (χ2n) is 6.34. The largest absolute Gasteiger partial charge is 0.462 e. The number of nitrogens with zero attached hydrogens (tertiary/aromatic N) is 3. The normalized spacial score (nSPS) is 14.3. The zero-order valence-corrected chi connectivity index (χ0v) is 14.6. The predicted molar refractivity (Wildman–Crippen MR) is 95.3 cm³/mol. The highest BCUT2D eigenvalue weighted by Crippen LogP contribution is 2.20. The summed E-state index contributed by atoms with van der Waals surface area (Å²) in [5, 5.41) is 0. The van der Waals surface area contributed by atoms with E-state index in [1.807, 2.05) is 24.3 Å². The van der Waals surface area contributed by atoms with Gasteiger partial charge in [0.15, 0.2) is 0 Å². The average molecular weight is 352 g/mol. The molecule has 0 aromatic carbocycles. The number of rotatable bonds is 5. The number of hydrogen-bond donors (Lipinski definition) is 1. The highest BCUT2D eigenvalue weighted by Gasteiger charge is 2.22. The molecule has 7 nitrogen and oxygen atoms in total. The van der Waals surface area contributed by atoms with Crippen molar-refractivity contribution in [3.63, 3.8) is 0 Å². The smallest absolute Gasteiger partial charge is 0.254 e. The SMILES string of the molecule is COCc1ccc(CN2CCc3c(nc(-c4cccnc4)[nH]c3=O)C2)o1. The molecule has 0 amide bonds. The summed E-state index contributed by atoms with van der Waals surface area (Å²) < 4.78 is 10.9. The Morgan fingerprint density at radius 3 is 3.00 bits per heavy atom. The fraction of sp³-hybridized carbons (Fsp3) is 0.316. The Balaban J connectivity index is 1.55. The van der Waals surface area contributed by atoms with Gasteiger partial charge in [-0.25, -0.2) is 4.98 Å². The molecule has 0 unspecified atom stereocenters. The van der Waals surface area contributed by atoms with Crippen LogP contribution in [-0.2, 0) is 30.9 Å². The number of hydrogen-bond acceptors (Lipinski definition) is 6. The van der Waals surface area contributed by atoms with Gasteiger partial charge in [-0.15, -0.1) is 0 Å². The molecule has 7 heteroatoms. The summed E-state index contributed by atoms with van der Waals surface area (Å²) in [5.74, 6) is 2.26. The Kier molecular flexibility index (Phi) is 4.64. The number of fused-ring (bicyclic) bond motifs is 1. The van der Waals surface area contributed by atoms with E-state index in [4.69, 9.17) is 9.15 Å². The molecule has 0 fully saturated rings. The van der Waals surface area contributed by atoms with Crippen LogP contribution >= 0.6 is 0 Å². The van der Waals surface area contributed by atoms with Gasteiger partial charge in [-0.1, -0.05) is 0 Å². The number of aromatic amines is 1. The minimum absolute atomic E-state index is 0.0612. The van der Waals surface area contributed by atoms with Crippen LogP contribution in [-0.4, -0.2) is 33.5 Å². The molecule has 3 aromatic heterocycles. The van der Waals surface area contributed by atoms with Crippen LogP contribution < -0.4 is 5.56 Å². The van der Waals surface area contributed by atoms with Crippen molar-refractivity contribution in [3.05, 3.63) is 69.8 Å². The highest BCUT2D eigenvalue weighted by molar-refractivity contribution is 5.53. The van der Waals surface area contributed by atoms with Gasteiger partial charge >= 0.3 is 0 Å². The molecule has 4 heterocycles. The van der Waals surface area contributed by atoms with Gasteiger partial charge in [-0.2, -0.15) is 0 Å². The van der Waals surface area contributed by atoms with Gasteiger partial charge in [0, 0.05) is 43.7 Å². The van der Waals surface area contributed by atoms with Gasteiger partial charge in [0.1, 0.15) is 24.0 Å². The molecule has 0 atom stereocenters. The summed E-state index contributed by atoms with van der Waals surface area (Å²) in [4.78, 5) is 26.3. The van der Waals surface area contributed by atoms with E-state index in [1.165, 1.54) is 0 Å². The standard InChI is InChI=1S/C19H20N4O3/c1-25-12-15-5-4-14(26-15)10-23-8-6-16-17(11-23)21-18(22-19(16)24)13-3-2-7-20-9-13/h2-5,7,9H,6,8,10-12H2,1H3,(H,21,22,24). The summed E-state index contributed by atoms with van der Waals surface area (Å²) in [6.07, 6.45) is 4.07. The molecule has 0 aliphatic carbocycles. The van der Waals surface area contributed by atoms with E-state index in [0.717, 1.165) is 34.9 Å². The maximum atomic E-state index is 12.4. The Labute approximate surface area is 150 Å². The maximum absolute atomic E-state index is 12.4. The Hall–Kier alpha value is -2.77. The van der Waals surface area contributed by atoms with Crippen molar-refractivity contribution < 1.29 is 9.15 Å². The monoisotopic (exact) mass is 352 g/mol. The summed E-state index contributed by atoms with van der Waals surface area (Å²) in [6, 6.07) is 7.62. The first-order valence-electron chi connectivity index (χ1n) is 8.54. The van der Waals surface area contributed by atoms with Crippen LogP contribution in [0.15, 0.2) is 45.9 Å². The van der Waals surface area contributed by atoms with Crippen LogP contribution in [0.5, 0.6) is 0 Å². The van der Waals surface area contributed by atoms with Crippen LogP contribution in [0, 0.1) is 0 Å². The van der Waals surface area contributed by atoms with Crippen molar-refractivity contribution in [2.75, 3.05) is 13.7 Å². The molecule has 1 aliphatic rings. The second kappa shape index (κ2) is 7.23. The minimum atomic E-state index is -0.0612. The van der Waals surface area contributed by atoms with E-state index in [1.54, 1.807) is 19.5 Å². The lowest BCUT2D eigenvalue weighted by Crippen LogP contribution is -2.35. The van der Waals surface area contributed by atoms with E-state index >= 15 is 0 Å². The quantitative estimate of drug-likeness (QED) is 0.757. The number of methoxy groups -OCH3 is 1. The fourth-order valence-electron chi connectivity index (χ4n) is 3.22. The van der Waals surface area contributed by atoms with Crippen molar-refractivity contribution in [3.8, 4) is 11.4 Å². The first-order chi connectivity index (χ1) is 12.7. The summed E-state index contributed by atoms with van der Waals surface area (Å²) in [5.41, 5.74) is 2.34. The van der Waals surface area contributed by atoms with Crippen LogP contribution in [0.3, 0.4) is 0 Å². The lowest BCUT2D eigenvalue weighted by Gasteiger charge is -2.26. The predicted octanol–water partition coefficient (Wildman–Crippen LogP) is 2.13. The molecule has 1 N–H and O–H groups in total. The Morgan fingerprint density at radius 1 is 1.31 bits per heavy atom. The van der Waals surface area contributed by atoms with Crippen molar-refractivity contribution in [2.45, 2.75) is 26.1 Å². The molecular weight excluding hydrogens is 332 g/mol. The second-order valence-corrected chi connectivity index (χ2v) is 6.34. The third-order valence-electron chi connectivity index (χ3n) is 4.47. The van der Waals surface area contributed by atoms with E-state index in [2.05, 4.69) is 19.9 Å². The third-order valence-corrected chi connectivity index (χ3v) is 4.47. The van der Waals surface area contributed by atoms with E-state index in [-0.39, 0.29) is 5.56 Å². The van der Waals surface area contributed by atoms with Crippen LogP contribution in [0.2, 0.25) is 0 Å². The van der Waals surface area contributed by atoms with E-state index in [9.17, 15) is 4.79 Å². The van der Waals surface area contributed by atoms with Crippen molar-refractivity contribution in [2.24, 2.45) is 0 Å². The van der Waals surface area contributed by atoms with Crippen LogP contribution in [0.4, 0.5) is 0 Å². The molecule has 26 heavy (non-hydrogen) atoms. The highest BCUT2D eigenvalue weighted by atomic mass is 16.5. The number of aromatic nitrogens is 3. The minimum Gasteiger partial charge on any atom is -0.462 e. The molecule has 0 bridgehead atoms. The topological polar surface area (TPSA) is 84.2 Å². The molecule has 1 aliphatic heterocycles. The number of ether oxygens (including phenoxy) is 1. The van der Waals surface area contributed by atoms with Crippen LogP contribution in [0.1, 0.15) is 22.8 Å². The number of nitrogens with one attached hydrogen (secondary N) is 1. The first-order valence-corrected chi connectivity index (χ1v) is 8.54. The average Bonchev–Trinajstić information content (AvgIpc) is 3.09. The summed E-state index contributed by atoms with van der Waals surface area (Å²) in [7, 11) is 1.65. The van der Waals surface area contributed by atoms with Gasteiger partial charge in [0.2, 0.25) is 0 Å². The van der Waals surface area contributed by atoms with Gasteiger partial charge in [0.25, 0.3) is 5.56 Å². The van der Waals surface area contributed by atoms with Gasteiger partial charge in [0.05, 0.1) is 12.2 Å². The fourth-order valence-corrected chi connectivity index (χ4v) is 3.22. The van der Waals surface area contributed by atoms with Crippen LogP contribution in [0.25, 0.3) is 11.4 Å². The Morgan fingerprint density at radius 2 is 2.19 bits per heavy atom. The van der Waals surface area contributed by atoms with E-state index in [0.29, 0.717) is 31.9 Å². The maximum Gasteiger partial charge on any atom is 0.254 e. The lowest BCUT2D eigenvalue weighted by atomic mass is 10.1. The van der Waals surface area contributed by atoms with E-state index < -0.39 is 0 Å². The summed E-state index contributed by atoms with van der Waals surface area (Å²) in [6.45, 7) is 2.56. The first kappa shape index (κ1) is 16.7. The molecule has 4 rings (SSSR count). The zero-order chi connectivity index (χ0) is 17.9. The van der Waals surface area contributed by atoms with Crippen molar-refractivity contribution in [1.82, 2.24) is 19.9 Å². The molecule has 0 saturated carbocycles. The Bertz CT molecular complexity index is 949. The lowest BCUT2D eigenvalue weighted by molar-refractivity contribution is 0.157. The molecular formula is C19H20N4O3. The zero-order valence-electron chi connectivity index (χ0n) is 14.6. The number of H-pyrrole nitrogens is 1. The molecule has 0 radical (unpaired) electrons. The number of pyridine rings is 1. The molecule has 0 saturated heterocycles. The van der Waals surface area contributed by atoms with Crippen molar-refractivity contribution >= 4 is 0 Å². The third kappa shape index (κ3) is 3.44. The molecule has 0 spiro atoms. The summed E-state index contributed by atoms with van der Waals surface area (Å²) >= 11 is 0. The molecule has 134 valence electrons.